The van der Waals surface area contributed by atoms with Gasteiger partial charge in [0, 0.05) is 23.3 Å². The molecule has 0 fully saturated rings. The van der Waals surface area contributed by atoms with Gasteiger partial charge in [-0.25, -0.2) is 0 Å². The summed E-state index contributed by atoms with van der Waals surface area (Å²) in [5.74, 6) is 0.917. The second-order valence-electron chi connectivity index (χ2n) is 5.79. The van der Waals surface area contributed by atoms with Crippen LogP contribution in [0.15, 0.2) is 40.8 Å². The minimum Gasteiger partial charge on any atom is -0.495 e. The number of hydrogen-bond acceptors (Lipinski definition) is 3. The molecule has 0 aliphatic rings. The first kappa shape index (κ1) is 14.4. The van der Waals surface area contributed by atoms with Crippen LogP contribution in [0.5, 0.6) is 5.75 Å². The standard InChI is InChI=1S/C18H19NO3/c1-11(2)8-18(20)19-14-10-16-13(9-17(14)21-3)12-6-4-5-7-15(12)22-16/h4-7,9-11H,8H2,1-3H3,(H,19,20). The normalized spacial score (nSPS) is 11.3. The summed E-state index contributed by atoms with van der Waals surface area (Å²) in [6, 6.07) is 11.6. The number of fused-ring (bicyclic) bond motifs is 3. The zero-order valence-corrected chi connectivity index (χ0v) is 13.0. The summed E-state index contributed by atoms with van der Waals surface area (Å²) in [6.07, 6.45) is 0.474. The fraction of sp³-hybridized carbons (Fsp3) is 0.278. The molecule has 22 heavy (non-hydrogen) atoms. The lowest BCUT2D eigenvalue weighted by molar-refractivity contribution is -0.116. The molecule has 0 atom stereocenters. The highest BCUT2D eigenvalue weighted by Crippen LogP contribution is 2.36. The first-order valence-corrected chi connectivity index (χ1v) is 7.37. The molecule has 0 aliphatic heterocycles. The Labute approximate surface area is 129 Å². The van der Waals surface area contributed by atoms with Gasteiger partial charge in [0.1, 0.15) is 16.9 Å². The lowest BCUT2D eigenvalue weighted by atomic mass is 10.1. The molecular formula is C18H19NO3. The monoisotopic (exact) mass is 297 g/mol. The molecule has 1 N–H and O–H groups in total. The van der Waals surface area contributed by atoms with Gasteiger partial charge in [-0.15, -0.1) is 0 Å². The van der Waals surface area contributed by atoms with Crippen molar-refractivity contribution in [2.75, 3.05) is 12.4 Å². The third-order valence-electron chi connectivity index (χ3n) is 3.57. The van der Waals surface area contributed by atoms with Crippen LogP contribution < -0.4 is 10.1 Å². The lowest BCUT2D eigenvalue weighted by Gasteiger charge is -2.11. The van der Waals surface area contributed by atoms with E-state index in [1.54, 1.807) is 7.11 Å². The molecule has 0 saturated carbocycles. The summed E-state index contributed by atoms with van der Waals surface area (Å²) in [6.45, 7) is 4.03. The van der Waals surface area contributed by atoms with Crippen molar-refractivity contribution in [3.8, 4) is 5.75 Å². The van der Waals surface area contributed by atoms with Crippen LogP contribution in [-0.4, -0.2) is 13.0 Å². The molecular weight excluding hydrogens is 278 g/mol. The van der Waals surface area contributed by atoms with E-state index in [-0.39, 0.29) is 5.91 Å². The van der Waals surface area contributed by atoms with Crippen LogP contribution in [0.4, 0.5) is 5.69 Å². The van der Waals surface area contributed by atoms with Gasteiger partial charge in [-0.3, -0.25) is 4.79 Å². The average Bonchev–Trinajstić information content (AvgIpc) is 2.82. The van der Waals surface area contributed by atoms with Crippen molar-refractivity contribution in [3.05, 3.63) is 36.4 Å². The fourth-order valence-electron chi connectivity index (χ4n) is 2.59. The maximum Gasteiger partial charge on any atom is 0.224 e. The molecule has 3 rings (SSSR count). The molecule has 0 unspecified atom stereocenters. The molecule has 1 amide bonds. The Kier molecular flexibility index (Phi) is 3.75. The molecule has 0 saturated heterocycles. The Morgan fingerprint density at radius 1 is 1.18 bits per heavy atom. The van der Waals surface area contributed by atoms with Crippen LogP contribution in [0, 0.1) is 5.92 Å². The number of amides is 1. The first-order chi connectivity index (χ1) is 10.6. The first-order valence-electron chi connectivity index (χ1n) is 7.37. The molecule has 1 heterocycles. The Morgan fingerprint density at radius 3 is 2.68 bits per heavy atom. The lowest BCUT2D eigenvalue weighted by Crippen LogP contribution is -2.14. The number of hydrogen-bond donors (Lipinski definition) is 1. The molecule has 0 aliphatic carbocycles. The van der Waals surface area contributed by atoms with E-state index >= 15 is 0 Å². The topological polar surface area (TPSA) is 51.5 Å². The number of ether oxygens (including phenoxy) is 1. The van der Waals surface area contributed by atoms with E-state index in [2.05, 4.69) is 5.32 Å². The van der Waals surface area contributed by atoms with Gasteiger partial charge in [0.15, 0.2) is 0 Å². The number of rotatable bonds is 4. The highest BCUT2D eigenvalue weighted by molar-refractivity contribution is 6.07. The van der Waals surface area contributed by atoms with E-state index in [1.165, 1.54) is 0 Å². The molecule has 2 aromatic carbocycles. The third kappa shape index (κ3) is 2.64. The maximum absolute atomic E-state index is 12.0. The van der Waals surface area contributed by atoms with Crippen molar-refractivity contribution in [1.82, 2.24) is 0 Å². The fourth-order valence-corrected chi connectivity index (χ4v) is 2.59. The van der Waals surface area contributed by atoms with Crippen molar-refractivity contribution < 1.29 is 13.9 Å². The van der Waals surface area contributed by atoms with E-state index in [0.29, 0.717) is 23.8 Å². The summed E-state index contributed by atoms with van der Waals surface area (Å²) in [4.78, 5) is 12.0. The number of furan rings is 1. The minimum atomic E-state index is -0.0243. The van der Waals surface area contributed by atoms with Gasteiger partial charge in [-0.05, 0) is 18.1 Å². The van der Waals surface area contributed by atoms with Crippen molar-refractivity contribution in [2.24, 2.45) is 5.92 Å². The largest absolute Gasteiger partial charge is 0.495 e. The molecule has 0 bridgehead atoms. The molecule has 4 heteroatoms. The van der Waals surface area contributed by atoms with Gasteiger partial charge >= 0.3 is 0 Å². The van der Waals surface area contributed by atoms with Crippen molar-refractivity contribution >= 4 is 33.5 Å². The number of benzene rings is 2. The third-order valence-corrected chi connectivity index (χ3v) is 3.57. The van der Waals surface area contributed by atoms with Crippen LogP contribution in [0.25, 0.3) is 21.9 Å². The smallest absolute Gasteiger partial charge is 0.224 e. The summed E-state index contributed by atoms with van der Waals surface area (Å²) < 4.78 is 11.3. The number of carbonyl (C=O) groups is 1. The van der Waals surface area contributed by atoms with E-state index in [1.807, 2.05) is 50.2 Å². The average molecular weight is 297 g/mol. The van der Waals surface area contributed by atoms with Gasteiger partial charge in [0.2, 0.25) is 5.91 Å². The van der Waals surface area contributed by atoms with E-state index < -0.39 is 0 Å². The summed E-state index contributed by atoms with van der Waals surface area (Å²) in [5.41, 5.74) is 2.20. The Balaban J connectivity index is 2.06. The van der Waals surface area contributed by atoms with Gasteiger partial charge in [0.25, 0.3) is 0 Å². The number of anilines is 1. The quantitative estimate of drug-likeness (QED) is 0.767. The summed E-state index contributed by atoms with van der Waals surface area (Å²) in [7, 11) is 1.60. The molecule has 0 radical (unpaired) electrons. The maximum atomic E-state index is 12.0. The van der Waals surface area contributed by atoms with Crippen LogP contribution in [0.3, 0.4) is 0 Å². The molecule has 114 valence electrons. The Bertz CT molecular complexity index is 833. The number of para-hydroxylation sites is 1. The minimum absolute atomic E-state index is 0.0243. The zero-order chi connectivity index (χ0) is 15.7. The van der Waals surface area contributed by atoms with Gasteiger partial charge < -0.3 is 14.5 Å². The van der Waals surface area contributed by atoms with Crippen molar-refractivity contribution in [2.45, 2.75) is 20.3 Å². The predicted octanol–water partition coefficient (Wildman–Crippen LogP) is 4.58. The predicted molar refractivity (Wildman–Crippen MR) is 88.4 cm³/mol. The van der Waals surface area contributed by atoms with Crippen molar-refractivity contribution in [1.29, 1.82) is 0 Å². The Morgan fingerprint density at radius 2 is 1.95 bits per heavy atom. The van der Waals surface area contributed by atoms with E-state index in [4.69, 9.17) is 9.15 Å². The second-order valence-corrected chi connectivity index (χ2v) is 5.79. The second kappa shape index (κ2) is 5.72. The van der Waals surface area contributed by atoms with Gasteiger partial charge in [-0.1, -0.05) is 32.0 Å². The number of methoxy groups -OCH3 is 1. The van der Waals surface area contributed by atoms with Gasteiger partial charge in [0.05, 0.1) is 12.8 Å². The zero-order valence-electron chi connectivity index (χ0n) is 13.0. The number of carbonyl (C=O) groups excluding carboxylic acids is 1. The van der Waals surface area contributed by atoms with Crippen LogP contribution in [0.2, 0.25) is 0 Å². The molecule has 4 nitrogen and oxygen atoms in total. The molecule has 1 aromatic heterocycles. The van der Waals surface area contributed by atoms with Crippen LogP contribution >= 0.6 is 0 Å². The SMILES string of the molecule is COc1cc2c(cc1NC(=O)CC(C)C)oc1ccccc12. The van der Waals surface area contributed by atoms with Gasteiger partial charge in [-0.2, -0.15) is 0 Å². The Hall–Kier alpha value is -2.49. The molecule has 0 spiro atoms. The highest BCUT2D eigenvalue weighted by atomic mass is 16.5. The van der Waals surface area contributed by atoms with Crippen LogP contribution in [-0.2, 0) is 4.79 Å². The van der Waals surface area contributed by atoms with Crippen molar-refractivity contribution in [3.63, 3.8) is 0 Å². The molecule has 3 aromatic rings. The highest BCUT2D eigenvalue weighted by Gasteiger charge is 2.14. The summed E-state index contributed by atoms with van der Waals surface area (Å²) in [5, 5.41) is 4.92. The van der Waals surface area contributed by atoms with Crippen LogP contribution in [0.1, 0.15) is 20.3 Å². The summed E-state index contributed by atoms with van der Waals surface area (Å²) >= 11 is 0. The number of nitrogens with one attached hydrogen (secondary N) is 1. The van der Waals surface area contributed by atoms with E-state index in [9.17, 15) is 4.79 Å². The van der Waals surface area contributed by atoms with E-state index in [0.717, 1.165) is 21.9 Å².